The maximum absolute atomic E-state index is 3.88. The van der Waals surface area contributed by atoms with E-state index < -0.39 is 0 Å². The van der Waals surface area contributed by atoms with Gasteiger partial charge in [-0.1, -0.05) is 42.0 Å². The van der Waals surface area contributed by atoms with Gasteiger partial charge in [0.15, 0.2) is 0 Å². The molecule has 0 atom stereocenters. The summed E-state index contributed by atoms with van der Waals surface area (Å²) in [5.41, 5.74) is 4.80. The molecule has 0 aliphatic heterocycles. The van der Waals surface area contributed by atoms with E-state index in [2.05, 4.69) is 73.9 Å². The monoisotopic (exact) mass is 223 g/mol. The van der Waals surface area contributed by atoms with E-state index in [0.29, 0.717) is 0 Å². The summed E-state index contributed by atoms with van der Waals surface area (Å²) in [5.74, 6) is 0. The number of hydrogen-bond donors (Lipinski definition) is 0. The standard InChI is InChI=1S/C16H17N/c1-4-17(15-9-5-13(2)6-10-15)16-11-7-14(3)8-12-16/h4-12H,1H2,2-3H3. The summed E-state index contributed by atoms with van der Waals surface area (Å²) in [6.07, 6.45) is 1.84. The molecule has 0 amide bonds. The molecule has 0 saturated carbocycles. The van der Waals surface area contributed by atoms with Crippen molar-refractivity contribution in [2.45, 2.75) is 13.8 Å². The van der Waals surface area contributed by atoms with Gasteiger partial charge in [-0.25, -0.2) is 0 Å². The Morgan fingerprint density at radius 1 is 0.765 bits per heavy atom. The molecular formula is C16H17N. The van der Waals surface area contributed by atoms with Gasteiger partial charge in [-0.3, -0.25) is 0 Å². The van der Waals surface area contributed by atoms with Crippen molar-refractivity contribution in [3.05, 3.63) is 72.4 Å². The van der Waals surface area contributed by atoms with Crippen molar-refractivity contribution in [2.75, 3.05) is 4.90 Å². The largest absolute Gasteiger partial charge is 0.318 e. The Hall–Kier alpha value is -2.02. The zero-order valence-electron chi connectivity index (χ0n) is 10.4. The van der Waals surface area contributed by atoms with Crippen molar-refractivity contribution >= 4 is 11.4 Å². The lowest BCUT2D eigenvalue weighted by Gasteiger charge is -2.20. The van der Waals surface area contributed by atoms with Gasteiger partial charge in [0.1, 0.15) is 0 Å². The quantitative estimate of drug-likeness (QED) is 0.736. The van der Waals surface area contributed by atoms with Crippen LogP contribution in [0.1, 0.15) is 11.1 Å². The number of anilines is 2. The Bertz CT molecular complexity index is 449. The molecule has 0 aliphatic carbocycles. The molecule has 0 unspecified atom stereocenters. The highest BCUT2D eigenvalue weighted by atomic mass is 15.1. The van der Waals surface area contributed by atoms with Crippen molar-refractivity contribution in [2.24, 2.45) is 0 Å². The minimum Gasteiger partial charge on any atom is -0.318 e. The first kappa shape index (κ1) is 11.5. The Balaban J connectivity index is 2.36. The van der Waals surface area contributed by atoms with E-state index in [1.54, 1.807) is 0 Å². The van der Waals surface area contributed by atoms with E-state index in [-0.39, 0.29) is 0 Å². The lowest BCUT2D eigenvalue weighted by atomic mass is 10.2. The van der Waals surface area contributed by atoms with Gasteiger partial charge in [-0.2, -0.15) is 0 Å². The lowest BCUT2D eigenvalue weighted by molar-refractivity contribution is 1.27. The minimum atomic E-state index is 1.13. The van der Waals surface area contributed by atoms with Gasteiger partial charge in [0.2, 0.25) is 0 Å². The van der Waals surface area contributed by atoms with Crippen LogP contribution in [0.25, 0.3) is 0 Å². The smallest absolute Gasteiger partial charge is 0.0455 e. The zero-order valence-corrected chi connectivity index (χ0v) is 10.4. The summed E-state index contributed by atoms with van der Waals surface area (Å²) < 4.78 is 0. The third-order valence-corrected chi connectivity index (χ3v) is 2.81. The van der Waals surface area contributed by atoms with E-state index in [1.807, 2.05) is 6.20 Å². The van der Waals surface area contributed by atoms with Crippen LogP contribution in [0.4, 0.5) is 11.4 Å². The Morgan fingerprint density at radius 2 is 1.12 bits per heavy atom. The number of aryl methyl sites for hydroxylation is 2. The maximum atomic E-state index is 3.88. The van der Waals surface area contributed by atoms with Crippen LogP contribution < -0.4 is 4.90 Å². The SMILES string of the molecule is C=CN(c1ccc(C)cc1)c1ccc(C)cc1. The van der Waals surface area contributed by atoms with Gasteiger partial charge >= 0.3 is 0 Å². The third-order valence-electron chi connectivity index (χ3n) is 2.81. The van der Waals surface area contributed by atoms with Crippen molar-refractivity contribution in [1.82, 2.24) is 0 Å². The first-order chi connectivity index (χ1) is 8.20. The predicted molar refractivity (Wildman–Crippen MR) is 74.7 cm³/mol. The molecule has 0 aliphatic rings. The van der Waals surface area contributed by atoms with Crippen molar-refractivity contribution in [1.29, 1.82) is 0 Å². The number of benzene rings is 2. The van der Waals surface area contributed by atoms with Crippen LogP contribution in [0, 0.1) is 13.8 Å². The average molecular weight is 223 g/mol. The van der Waals surface area contributed by atoms with Crippen LogP contribution in [-0.2, 0) is 0 Å². The van der Waals surface area contributed by atoms with Crippen LogP contribution in [0.5, 0.6) is 0 Å². The molecule has 0 spiro atoms. The highest BCUT2D eigenvalue weighted by Gasteiger charge is 2.04. The molecule has 0 N–H and O–H groups in total. The molecule has 0 bridgehead atoms. The van der Waals surface area contributed by atoms with Gasteiger partial charge in [0.25, 0.3) is 0 Å². The fourth-order valence-corrected chi connectivity index (χ4v) is 1.77. The molecule has 1 nitrogen and oxygen atoms in total. The van der Waals surface area contributed by atoms with Crippen LogP contribution in [-0.4, -0.2) is 0 Å². The Labute approximate surface area is 103 Å². The summed E-state index contributed by atoms with van der Waals surface area (Å²) in [7, 11) is 0. The third kappa shape index (κ3) is 2.56. The first-order valence-electron chi connectivity index (χ1n) is 5.76. The number of hydrogen-bond acceptors (Lipinski definition) is 1. The molecule has 1 heteroatoms. The normalized spacial score (nSPS) is 10.0. The molecule has 2 rings (SSSR count). The maximum Gasteiger partial charge on any atom is 0.0455 e. The highest BCUT2D eigenvalue weighted by Crippen LogP contribution is 2.25. The van der Waals surface area contributed by atoms with E-state index in [1.165, 1.54) is 11.1 Å². The highest BCUT2D eigenvalue weighted by molar-refractivity contribution is 5.66. The lowest BCUT2D eigenvalue weighted by Crippen LogP contribution is -2.07. The summed E-state index contributed by atoms with van der Waals surface area (Å²) in [5, 5.41) is 0. The molecule has 2 aromatic carbocycles. The van der Waals surface area contributed by atoms with Gasteiger partial charge in [-0.05, 0) is 38.1 Å². The predicted octanol–water partition coefficient (Wildman–Crippen LogP) is 4.59. The van der Waals surface area contributed by atoms with Crippen molar-refractivity contribution < 1.29 is 0 Å². The van der Waals surface area contributed by atoms with Crippen LogP contribution in [0.2, 0.25) is 0 Å². The molecule has 17 heavy (non-hydrogen) atoms. The summed E-state index contributed by atoms with van der Waals surface area (Å²) in [4.78, 5) is 2.08. The molecule has 0 fully saturated rings. The second-order valence-electron chi connectivity index (χ2n) is 4.22. The molecule has 2 aromatic rings. The van der Waals surface area contributed by atoms with E-state index >= 15 is 0 Å². The van der Waals surface area contributed by atoms with E-state index in [0.717, 1.165) is 11.4 Å². The van der Waals surface area contributed by atoms with Crippen molar-refractivity contribution in [3.63, 3.8) is 0 Å². The summed E-state index contributed by atoms with van der Waals surface area (Å²) in [6.45, 7) is 8.07. The fourth-order valence-electron chi connectivity index (χ4n) is 1.77. The molecule has 86 valence electrons. The van der Waals surface area contributed by atoms with Gasteiger partial charge in [0.05, 0.1) is 0 Å². The van der Waals surface area contributed by atoms with Gasteiger partial charge in [0, 0.05) is 17.6 Å². The van der Waals surface area contributed by atoms with Crippen LogP contribution in [0.3, 0.4) is 0 Å². The second-order valence-corrected chi connectivity index (χ2v) is 4.22. The molecule has 0 heterocycles. The Kier molecular flexibility index (Phi) is 3.29. The second kappa shape index (κ2) is 4.88. The topological polar surface area (TPSA) is 3.24 Å². The molecular weight excluding hydrogens is 206 g/mol. The van der Waals surface area contributed by atoms with E-state index in [4.69, 9.17) is 0 Å². The molecule has 0 aromatic heterocycles. The first-order valence-corrected chi connectivity index (χ1v) is 5.76. The Morgan fingerprint density at radius 3 is 1.41 bits per heavy atom. The average Bonchev–Trinajstić information content (AvgIpc) is 2.35. The fraction of sp³-hybridized carbons (Fsp3) is 0.125. The minimum absolute atomic E-state index is 1.13. The number of rotatable bonds is 3. The molecule has 0 radical (unpaired) electrons. The summed E-state index contributed by atoms with van der Waals surface area (Å²) in [6, 6.07) is 16.9. The summed E-state index contributed by atoms with van der Waals surface area (Å²) >= 11 is 0. The zero-order chi connectivity index (χ0) is 12.3. The van der Waals surface area contributed by atoms with Crippen molar-refractivity contribution in [3.8, 4) is 0 Å². The van der Waals surface area contributed by atoms with Crippen LogP contribution >= 0.6 is 0 Å². The van der Waals surface area contributed by atoms with Crippen LogP contribution in [0.15, 0.2) is 61.3 Å². The number of nitrogens with zero attached hydrogens (tertiary/aromatic N) is 1. The van der Waals surface area contributed by atoms with Gasteiger partial charge in [-0.15, -0.1) is 0 Å². The molecule has 0 saturated heterocycles. The van der Waals surface area contributed by atoms with E-state index in [9.17, 15) is 0 Å². The van der Waals surface area contributed by atoms with Gasteiger partial charge < -0.3 is 4.90 Å².